The number of nitriles is 1. The Kier molecular flexibility index (Phi) is 2.65. The fraction of sp³-hybridized carbons (Fsp3) is 0.176. The number of hydrogen-bond donors (Lipinski definition) is 1. The summed E-state index contributed by atoms with van der Waals surface area (Å²) in [6.45, 7) is 0.676. The first-order valence-corrected chi connectivity index (χ1v) is 7.03. The SMILES string of the molecule is N#CNC1=NCC2c3ccccc3Cc3ccccc3N12. The van der Waals surface area contributed by atoms with Crippen LogP contribution in [0.4, 0.5) is 5.69 Å². The van der Waals surface area contributed by atoms with E-state index in [9.17, 15) is 0 Å². The maximum absolute atomic E-state index is 8.96. The maximum atomic E-state index is 8.96. The summed E-state index contributed by atoms with van der Waals surface area (Å²) in [5.74, 6) is 0.645. The van der Waals surface area contributed by atoms with Gasteiger partial charge in [0.15, 0.2) is 6.19 Å². The van der Waals surface area contributed by atoms with Gasteiger partial charge in [-0.1, -0.05) is 42.5 Å². The molecule has 4 heteroatoms. The summed E-state index contributed by atoms with van der Waals surface area (Å²) in [6.07, 6.45) is 2.91. The van der Waals surface area contributed by atoms with Crippen LogP contribution in [0.15, 0.2) is 53.5 Å². The number of para-hydroxylation sites is 1. The van der Waals surface area contributed by atoms with Gasteiger partial charge in [-0.05, 0) is 29.2 Å². The molecule has 0 bridgehead atoms. The lowest BCUT2D eigenvalue weighted by molar-refractivity contribution is 0.766. The van der Waals surface area contributed by atoms with E-state index < -0.39 is 0 Å². The molecule has 21 heavy (non-hydrogen) atoms. The second kappa shape index (κ2) is 4.64. The van der Waals surface area contributed by atoms with E-state index in [0.717, 1.165) is 12.1 Å². The molecule has 2 aromatic rings. The zero-order valence-electron chi connectivity index (χ0n) is 11.5. The molecule has 2 aliphatic heterocycles. The average molecular weight is 274 g/mol. The molecule has 2 aliphatic rings. The van der Waals surface area contributed by atoms with Gasteiger partial charge in [-0.2, -0.15) is 5.26 Å². The number of fused-ring (bicyclic) bond motifs is 5. The highest BCUT2D eigenvalue weighted by molar-refractivity contribution is 6.00. The van der Waals surface area contributed by atoms with Crippen LogP contribution in [0.3, 0.4) is 0 Å². The highest BCUT2D eigenvalue weighted by Gasteiger charge is 2.35. The van der Waals surface area contributed by atoms with E-state index >= 15 is 0 Å². The molecule has 0 radical (unpaired) electrons. The Labute approximate surface area is 123 Å². The van der Waals surface area contributed by atoms with Gasteiger partial charge in [0.2, 0.25) is 5.96 Å². The largest absolute Gasteiger partial charge is 0.302 e. The van der Waals surface area contributed by atoms with E-state index in [0.29, 0.717) is 12.5 Å². The molecule has 0 fully saturated rings. The van der Waals surface area contributed by atoms with Crippen LogP contribution >= 0.6 is 0 Å². The highest BCUT2D eigenvalue weighted by Crippen LogP contribution is 2.39. The number of rotatable bonds is 0. The summed E-state index contributed by atoms with van der Waals surface area (Å²) in [7, 11) is 0. The standard InChI is InChI=1S/C17H14N4/c18-11-20-17-19-10-16-14-7-3-1-5-12(14)9-13-6-2-4-8-15(13)21(16)17/h1-8,16H,9-10H2,(H,19,20). The lowest BCUT2D eigenvalue weighted by atomic mass is 9.97. The van der Waals surface area contributed by atoms with E-state index in [1.807, 2.05) is 12.3 Å². The molecular weight excluding hydrogens is 260 g/mol. The monoisotopic (exact) mass is 274 g/mol. The predicted molar refractivity (Wildman–Crippen MR) is 82.0 cm³/mol. The minimum Gasteiger partial charge on any atom is -0.302 e. The molecule has 2 heterocycles. The van der Waals surface area contributed by atoms with Crippen LogP contribution in [0.2, 0.25) is 0 Å². The van der Waals surface area contributed by atoms with Crippen LogP contribution in [-0.4, -0.2) is 12.5 Å². The van der Waals surface area contributed by atoms with Crippen molar-refractivity contribution in [1.29, 1.82) is 5.26 Å². The molecule has 2 aromatic carbocycles. The van der Waals surface area contributed by atoms with Crippen molar-refractivity contribution in [1.82, 2.24) is 5.32 Å². The fourth-order valence-electron chi connectivity index (χ4n) is 3.27. The topological polar surface area (TPSA) is 51.4 Å². The molecule has 1 atom stereocenters. The minimum atomic E-state index is 0.167. The van der Waals surface area contributed by atoms with Gasteiger partial charge in [-0.25, -0.2) is 4.99 Å². The van der Waals surface area contributed by atoms with Gasteiger partial charge in [0, 0.05) is 5.69 Å². The van der Waals surface area contributed by atoms with Crippen molar-refractivity contribution in [3.63, 3.8) is 0 Å². The van der Waals surface area contributed by atoms with E-state index in [2.05, 4.69) is 57.7 Å². The summed E-state index contributed by atoms with van der Waals surface area (Å²) in [5.41, 5.74) is 5.04. The van der Waals surface area contributed by atoms with Crippen molar-refractivity contribution in [3.05, 3.63) is 65.2 Å². The third-order valence-electron chi connectivity index (χ3n) is 4.17. The molecule has 0 saturated heterocycles. The van der Waals surface area contributed by atoms with Gasteiger partial charge in [0.25, 0.3) is 0 Å². The first kappa shape index (κ1) is 12.0. The normalized spacial score (nSPS) is 18.7. The Hall–Kier alpha value is -2.80. The molecule has 1 unspecified atom stereocenters. The second-order valence-electron chi connectivity index (χ2n) is 5.29. The van der Waals surface area contributed by atoms with E-state index in [1.165, 1.54) is 16.7 Å². The number of anilines is 1. The van der Waals surface area contributed by atoms with Crippen LogP contribution in [0.5, 0.6) is 0 Å². The molecule has 0 aromatic heterocycles. The van der Waals surface area contributed by atoms with Gasteiger partial charge in [0.1, 0.15) is 0 Å². The van der Waals surface area contributed by atoms with Crippen LogP contribution in [0, 0.1) is 11.5 Å². The third-order valence-corrected chi connectivity index (χ3v) is 4.17. The summed E-state index contributed by atoms with van der Waals surface area (Å²) < 4.78 is 0. The predicted octanol–water partition coefficient (Wildman–Crippen LogP) is 2.58. The van der Waals surface area contributed by atoms with Gasteiger partial charge in [-0.3, -0.25) is 5.32 Å². The van der Waals surface area contributed by atoms with Crippen molar-refractivity contribution < 1.29 is 0 Å². The molecule has 0 spiro atoms. The highest BCUT2D eigenvalue weighted by atomic mass is 15.4. The maximum Gasteiger partial charge on any atom is 0.212 e. The fourth-order valence-corrected chi connectivity index (χ4v) is 3.27. The molecule has 1 N–H and O–H groups in total. The number of benzene rings is 2. The Morgan fingerprint density at radius 1 is 1.10 bits per heavy atom. The summed E-state index contributed by atoms with van der Waals surface area (Å²) in [4.78, 5) is 6.68. The van der Waals surface area contributed by atoms with Crippen molar-refractivity contribution in [3.8, 4) is 6.19 Å². The third kappa shape index (κ3) is 1.78. The van der Waals surface area contributed by atoms with E-state index in [1.54, 1.807) is 0 Å². The smallest absolute Gasteiger partial charge is 0.212 e. The van der Waals surface area contributed by atoms with Crippen molar-refractivity contribution in [2.45, 2.75) is 12.5 Å². The lowest BCUT2D eigenvalue weighted by Crippen LogP contribution is -2.38. The lowest BCUT2D eigenvalue weighted by Gasteiger charge is -2.27. The van der Waals surface area contributed by atoms with Gasteiger partial charge >= 0.3 is 0 Å². The van der Waals surface area contributed by atoms with Crippen molar-refractivity contribution in [2.75, 3.05) is 11.4 Å². The first-order valence-electron chi connectivity index (χ1n) is 7.03. The van der Waals surface area contributed by atoms with Crippen molar-refractivity contribution >= 4 is 11.6 Å². The molecule has 0 amide bonds. The summed E-state index contributed by atoms with van der Waals surface area (Å²) in [6, 6.07) is 17.0. The Morgan fingerprint density at radius 3 is 2.71 bits per heavy atom. The molecule has 4 nitrogen and oxygen atoms in total. The van der Waals surface area contributed by atoms with Gasteiger partial charge in [-0.15, -0.1) is 0 Å². The molecular formula is C17H14N4. The average Bonchev–Trinajstić information content (AvgIpc) is 2.86. The van der Waals surface area contributed by atoms with Gasteiger partial charge in [0.05, 0.1) is 12.6 Å². The summed E-state index contributed by atoms with van der Waals surface area (Å²) >= 11 is 0. The number of nitrogens with zero attached hydrogens (tertiary/aromatic N) is 3. The van der Waals surface area contributed by atoms with Crippen LogP contribution in [0.1, 0.15) is 22.7 Å². The second-order valence-corrected chi connectivity index (χ2v) is 5.29. The molecule has 4 rings (SSSR count). The van der Waals surface area contributed by atoms with Crippen LogP contribution < -0.4 is 10.2 Å². The van der Waals surface area contributed by atoms with Crippen LogP contribution in [-0.2, 0) is 6.42 Å². The molecule has 0 aliphatic carbocycles. The molecule has 0 saturated carbocycles. The van der Waals surface area contributed by atoms with Gasteiger partial charge < -0.3 is 4.90 Å². The number of aliphatic imine (C=N–C) groups is 1. The van der Waals surface area contributed by atoms with E-state index in [-0.39, 0.29) is 6.04 Å². The number of nitrogens with one attached hydrogen (secondary N) is 1. The number of guanidine groups is 1. The zero-order valence-corrected chi connectivity index (χ0v) is 11.5. The van der Waals surface area contributed by atoms with E-state index in [4.69, 9.17) is 5.26 Å². The zero-order chi connectivity index (χ0) is 14.2. The summed E-state index contributed by atoms with van der Waals surface area (Å²) in [5, 5.41) is 11.7. The Morgan fingerprint density at radius 2 is 1.86 bits per heavy atom. The Balaban J connectivity index is 1.92. The quantitative estimate of drug-likeness (QED) is 0.593. The number of hydrogen-bond acceptors (Lipinski definition) is 4. The van der Waals surface area contributed by atoms with Crippen molar-refractivity contribution in [2.24, 2.45) is 4.99 Å². The van der Waals surface area contributed by atoms with Crippen LogP contribution in [0.25, 0.3) is 0 Å². The Bertz CT molecular complexity index is 772. The minimum absolute atomic E-state index is 0.167. The first-order chi connectivity index (χ1) is 10.4. The molecule has 102 valence electrons.